The Labute approximate surface area is 333 Å². The maximum absolute atomic E-state index is 8.90. The number of anilines is 3. The Bertz CT molecular complexity index is 3150. The Morgan fingerprint density at radius 2 is 0.891 bits per heavy atom. The standard InChI is InChI=1S/C54H39N/c1-54(52-23-9-7-20-50(52)51-21-8-10-24-53(51)54)44-18-11-17-43(37-44)40-27-33-46(34-28-40)55(45-31-25-39(26-32-45)38-13-3-2-4-14-38)47-35-29-42(30-36-47)49-22-12-16-41-15-5-6-19-48(41)49/h2-37H,1H3/i5D,6D,12D,15D,16D,19D,22D. The molecule has 0 fully saturated rings. The van der Waals surface area contributed by atoms with E-state index in [1.807, 2.05) is 42.5 Å². The summed E-state index contributed by atoms with van der Waals surface area (Å²) < 4.78 is 60.0. The molecule has 0 aliphatic heterocycles. The number of benzene rings is 9. The Hall–Kier alpha value is -6.96. The number of rotatable bonds is 7. The van der Waals surface area contributed by atoms with E-state index in [2.05, 4.69) is 145 Å². The van der Waals surface area contributed by atoms with Crippen molar-refractivity contribution in [2.45, 2.75) is 12.3 Å². The predicted octanol–water partition coefficient (Wildman–Crippen LogP) is 14.6. The average molecular weight is 709 g/mol. The molecule has 0 unspecified atom stereocenters. The third kappa shape index (κ3) is 5.64. The lowest BCUT2D eigenvalue weighted by atomic mass is 9.74. The highest BCUT2D eigenvalue weighted by molar-refractivity contribution is 5.97. The van der Waals surface area contributed by atoms with Crippen molar-refractivity contribution in [3.63, 3.8) is 0 Å². The molecule has 0 atom stereocenters. The molecule has 0 bridgehead atoms. The van der Waals surface area contributed by atoms with Crippen molar-refractivity contribution < 1.29 is 9.60 Å². The summed E-state index contributed by atoms with van der Waals surface area (Å²) in [5.74, 6) is 0. The molecule has 9 aromatic rings. The van der Waals surface area contributed by atoms with Gasteiger partial charge in [0.25, 0.3) is 0 Å². The van der Waals surface area contributed by atoms with E-state index in [0.29, 0.717) is 5.56 Å². The molecule has 0 heterocycles. The Balaban J connectivity index is 1.06. The first-order chi connectivity index (χ1) is 30.1. The van der Waals surface area contributed by atoms with Gasteiger partial charge in [0, 0.05) is 22.5 Å². The smallest absolute Gasteiger partial charge is 0.0629 e. The normalized spacial score (nSPS) is 14.4. The van der Waals surface area contributed by atoms with Crippen LogP contribution in [0, 0.1) is 0 Å². The van der Waals surface area contributed by atoms with Gasteiger partial charge in [-0.25, -0.2) is 0 Å². The predicted molar refractivity (Wildman–Crippen MR) is 232 cm³/mol. The zero-order chi connectivity index (χ0) is 42.9. The minimum atomic E-state index is -0.471. The number of nitrogens with zero attached hydrogens (tertiary/aromatic N) is 1. The Kier molecular flexibility index (Phi) is 6.35. The van der Waals surface area contributed by atoms with Gasteiger partial charge in [-0.1, -0.05) is 176 Å². The molecule has 9 aromatic carbocycles. The van der Waals surface area contributed by atoms with Gasteiger partial charge in [-0.3, -0.25) is 0 Å². The first kappa shape index (κ1) is 25.9. The molecule has 0 radical (unpaired) electrons. The summed E-state index contributed by atoms with van der Waals surface area (Å²) in [4.78, 5) is 2.15. The molecular formula is C54H39N. The van der Waals surface area contributed by atoms with Gasteiger partial charge in [0.15, 0.2) is 0 Å². The van der Waals surface area contributed by atoms with Crippen molar-refractivity contribution in [2.75, 3.05) is 4.90 Å². The largest absolute Gasteiger partial charge is 0.311 e. The number of hydrogen-bond acceptors (Lipinski definition) is 1. The molecule has 1 nitrogen and oxygen atoms in total. The van der Waals surface area contributed by atoms with Crippen LogP contribution in [-0.2, 0) is 5.41 Å². The maximum atomic E-state index is 8.90. The van der Waals surface area contributed by atoms with Gasteiger partial charge < -0.3 is 4.90 Å². The molecular weight excluding hydrogens is 663 g/mol. The molecule has 1 aliphatic rings. The SMILES string of the molecule is [2H]c1c([2H])c([2H])c2c(-c3ccc(N(c4ccc(-c5ccccc5)cc4)c4ccc(-c5cccc(C6(C)c7ccccc7-c7ccccc76)c5)cc4)cc3)c([2H])c([2H])c([2H])c2c1[2H]. The van der Waals surface area contributed by atoms with Crippen LogP contribution in [-0.4, -0.2) is 0 Å². The van der Waals surface area contributed by atoms with Crippen LogP contribution in [0.25, 0.3) is 55.3 Å². The summed E-state index contributed by atoms with van der Waals surface area (Å²) in [6.45, 7) is 2.33. The van der Waals surface area contributed by atoms with Gasteiger partial charge >= 0.3 is 0 Å². The zero-order valence-electron chi connectivity index (χ0n) is 37.2. The van der Waals surface area contributed by atoms with E-state index in [-0.39, 0.29) is 52.0 Å². The van der Waals surface area contributed by atoms with Crippen molar-refractivity contribution in [3.05, 3.63) is 235 Å². The van der Waals surface area contributed by atoms with Crippen LogP contribution in [0.5, 0.6) is 0 Å². The fraction of sp³-hybridized carbons (Fsp3) is 0.0370. The van der Waals surface area contributed by atoms with Crippen molar-refractivity contribution in [1.82, 2.24) is 0 Å². The molecule has 55 heavy (non-hydrogen) atoms. The first-order valence-corrected chi connectivity index (χ1v) is 18.5. The van der Waals surface area contributed by atoms with E-state index in [1.165, 1.54) is 27.8 Å². The second kappa shape index (κ2) is 13.5. The van der Waals surface area contributed by atoms with E-state index < -0.39 is 12.1 Å². The van der Waals surface area contributed by atoms with E-state index in [9.17, 15) is 0 Å². The zero-order valence-corrected chi connectivity index (χ0v) is 30.2. The van der Waals surface area contributed by atoms with E-state index in [0.717, 1.165) is 39.3 Å². The summed E-state index contributed by atoms with van der Waals surface area (Å²) in [6, 6.07) is 58.2. The van der Waals surface area contributed by atoms with Gasteiger partial charge in [0.05, 0.1) is 9.60 Å². The van der Waals surface area contributed by atoms with Gasteiger partial charge in [-0.2, -0.15) is 0 Å². The summed E-state index contributed by atoms with van der Waals surface area (Å²) in [6.07, 6.45) is 0. The van der Waals surface area contributed by atoms with Crippen molar-refractivity contribution in [1.29, 1.82) is 0 Å². The fourth-order valence-electron chi connectivity index (χ4n) is 8.26. The lowest BCUT2D eigenvalue weighted by molar-refractivity contribution is 0.714. The molecule has 0 saturated carbocycles. The quantitative estimate of drug-likeness (QED) is 0.159. The molecule has 10 rings (SSSR count). The lowest BCUT2D eigenvalue weighted by Gasteiger charge is -2.29. The minimum Gasteiger partial charge on any atom is -0.311 e. The molecule has 0 saturated heterocycles. The molecule has 260 valence electrons. The molecule has 1 aliphatic carbocycles. The summed E-state index contributed by atoms with van der Waals surface area (Å²) in [5.41, 5.74) is 13.9. The summed E-state index contributed by atoms with van der Waals surface area (Å²) in [5, 5.41) is 0.00641. The van der Waals surface area contributed by atoms with E-state index in [4.69, 9.17) is 9.60 Å². The minimum absolute atomic E-state index is 0.0613. The van der Waals surface area contributed by atoms with Crippen LogP contribution in [0.1, 0.15) is 33.2 Å². The third-order valence-electron chi connectivity index (χ3n) is 11.1. The fourth-order valence-corrected chi connectivity index (χ4v) is 8.26. The first-order valence-electron chi connectivity index (χ1n) is 22.0. The molecule has 0 spiro atoms. The number of hydrogen-bond donors (Lipinski definition) is 0. The highest BCUT2D eigenvalue weighted by Crippen LogP contribution is 2.52. The van der Waals surface area contributed by atoms with Crippen molar-refractivity contribution in [3.8, 4) is 44.5 Å². The van der Waals surface area contributed by atoms with E-state index in [1.54, 1.807) is 0 Å². The van der Waals surface area contributed by atoms with Crippen LogP contribution in [0.15, 0.2) is 218 Å². The van der Waals surface area contributed by atoms with Crippen LogP contribution in [0.4, 0.5) is 17.1 Å². The molecule has 1 heteroatoms. The Morgan fingerprint density at radius 1 is 0.400 bits per heavy atom. The third-order valence-corrected chi connectivity index (χ3v) is 11.1. The monoisotopic (exact) mass is 708 g/mol. The van der Waals surface area contributed by atoms with Crippen LogP contribution in [0.3, 0.4) is 0 Å². The maximum Gasteiger partial charge on any atom is 0.0629 e. The van der Waals surface area contributed by atoms with Gasteiger partial charge in [0.1, 0.15) is 0 Å². The van der Waals surface area contributed by atoms with Crippen LogP contribution in [0.2, 0.25) is 0 Å². The second-order valence-electron chi connectivity index (χ2n) is 14.1. The summed E-state index contributed by atoms with van der Waals surface area (Å²) >= 11 is 0. The average Bonchev–Trinajstić information content (AvgIpc) is 3.59. The molecule has 0 N–H and O–H groups in total. The van der Waals surface area contributed by atoms with Crippen LogP contribution >= 0.6 is 0 Å². The summed E-state index contributed by atoms with van der Waals surface area (Å²) in [7, 11) is 0. The number of fused-ring (bicyclic) bond motifs is 4. The molecule has 0 amide bonds. The highest BCUT2D eigenvalue weighted by Gasteiger charge is 2.40. The van der Waals surface area contributed by atoms with Gasteiger partial charge in [-0.15, -0.1) is 0 Å². The Morgan fingerprint density at radius 3 is 1.53 bits per heavy atom. The van der Waals surface area contributed by atoms with Gasteiger partial charge in [0.2, 0.25) is 0 Å². The van der Waals surface area contributed by atoms with Gasteiger partial charge in [-0.05, 0) is 121 Å². The van der Waals surface area contributed by atoms with E-state index >= 15 is 0 Å². The topological polar surface area (TPSA) is 3.24 Å². The lowest BCUT2D eigenvalue weighted by Crippen LogP contribution is -2.22. The highest BCUT2D eigenvalue weighted by atomic mass is 15.1. The van der Waals surface area contributed by atoms with Crippen LogP contribution < -0.4 is 4.90 Å². The van der Waals surface area contributed by atoms with Crippen molar-refractivity contribution >= 4 is 27.8 Å². The second-order valence-corrected chi connectivity index (χ2v) is 14.1. The molecule has 0 aromatic heterocycles. The van der Waals surface area contributed by atoms with Crippen molar-refractivity contribution in [2.24, 2.45) is 0 Å².